The van der Waals surface area contributed by atoms with Crippen molar-refractivity contribution < 1.29 is 18.3 Å². The first-order valence-corrected chi connectivity index (χ1v) is 7.55. The lowest BCUT2D eigenvalue weighted by Gasteiger charge is -2.30. The smallest absolute Gasteiger partial charge is 0.324 e. The van der Waals surface area contributed by atoms with Crippen LogP contribution in [0.1, 0.15) is 25.3 Å². The summed E-state index contributed by atoms with van der Waals surface area (Å²) in [4.78, 5) is 11.5. The fourth-order valence-electron chi connectivity index (χ4n) is 2.44. The molecule has 2 rings (SSSR count). The topological polar surface area (TPSA) is 74.7 Å². The molecular formula is C13H17NO4S. The van der Waals surface area contributed by atoms with Crippen molar-refractivity contribution in [1.29, 1.82) is 0 Å². The second-order valence-electron chi connectivity index (χ2n) is 5.08. The number of aryl methyl sites for hydroxylation is 1. The predicted molar refractivity (Wildman–Crippen MR) is 70.3 cm³/mol. The fraction of sp³-hybridized carbons (Fsp3) is 0.462. The number of carboxylic acid groups (broad SMARTS) is 1. The standard InChI is InChI=1S/C13H17NO4S/c1-10-5-3-6-11(9-10)19(17,18)14-8-4-7-13(14,2)12(15)16/h3,5-6,9H,4,7-8H2,1-2H3,(H,15,16). The van der Waals surface area contributed by atoms with Crippen LogP contribution in [-0.4, -0.2) is 35.9 Å². The number of aliphatic carboxylic acids is 1. The number of rotatable bonds is 3. The normalized spacial score (nSPS) is 24.5. The van der Waals surface area contributed by atoms with Gasteiger partial charge in [0.25, 0.3) is 0 Å². The maximum Gasteiger partial charge on any atom is 0.324 e. The number of nitrogens with zero attached hydrogens (tertiary/aromatic N) is 1. The molecule has 0 saturated carbocycles. The summed E-state index contributed by atoms with van der Waals surface area (Å²) in [5.74, 6) is -1.10. The van der Waals surface area contributed by atoms with Crippen LogP contribution in [-0.2, 0) is 14.8 Å². The Morgan fingerprint density at radius 3 is 2.68 bits per heavy atom. The highest BCUT2D eigenvalue weighted by molar-refractivity contribution is 7.89. The third-order valence-electron chi connectivity index (χ3n) is 3.61. The second kappa shape index (κ2) is 4.61. The highest BCUT2D eigenvalue weighted by Crippen LogP contribution is 2.34. The molecule has 1 aromatic carbocycles. The van der Waals surface area contributed by atoms with Gasteiger partial charge in [-0.05, 0) is 44.4 Å². The Morgan fingerprint density at radius 2 is 2.11 bits per heavy atom. The van der Waals surface area contributed by atoms with E-state index in [1.54, 1.807) is 25.1 Å². The molecule has 1 aliphatic rings. The van der Waals surface area contributed by atoms with Crippen LogP contribution in [0.25, 0.3) is 0 Å². The number of hydrogen-bond acceptors (Lipinski definition) is 3. The van der Waals surface area contributed by atoms with Crippen molar-refractivity contribution in [1.82, 2.24) is 4.31 Å². The summed E-state index contributed by atoms with van der Waals surface area (Å²) in [5, 5.41) is 9.30. The van der Waals surface area contributed by atoms with Crippen molar-refractivity contribution in [3.8, 4) is 0 Å². The lowest BCUT2D eigenvalue weighted by Crippen LogP contribution is -2.50. The molecule has 0 amide bonds. The minimum Gasteiger partial charge on any atom is -0.480 e. The Kier molecular flexibility index (Phi) is 3.40. The van der Waals surface area contributed by atoms with Gasteiger partial charge in [0.15, 0.2) is 0 Å². The largest absolute Gasteiger partial charge is 0.480 e. The monoisotopic (exact) mass is 283 g/mol. The number of carbonyl (C=O) groups is 1. The second-order valence-corrected chi connectivity index (χ2v) is 6.94. The summed E-state index contributed by atoms with van der Waals surface area (Å²) in [6, 6.07) is 6.54. The maximum atomic E-state index is 12.6. The molecule has 0 bridgehead atoms. The Morgan fingerprint density at radius 1 is 1.42 bits per heavy atom. The molecule has 19 heavy (non-hydrogen) atoms. The molecule has 5 nitrogen and oxygen atoms in total. The van der Waals surface area contributed by atoms with Crippen molar-refractivity contribution in [2.45, 2.75) is 37.1 Å². The van der Waals surface area contributed by atoms with Gasteiger partial charge in [0, 0.05) is 6.54 Å². The van der Waals surface area contributed by atoms with Crippen LogP contribution >= 0.6 is 0 Å². The van der Waals surface area contributed by atoms with E-state index in [4.69, 9.17) is 0 Å². The summed E-state index contributed by atoms with van der Waals surface area (Å²) >= 11 is 0. The Labute approximate surface area is 112 Å². The van der Waals surface area contributed by atoms with Crippen LogP contribution in [0.3, 0.4) is 0 Å². The van der Waals surface area contributed by atoms with Gasteiger partial charge in [-0.3, -0.25) is 4.79 Å². The van der Waals surface area contributed by atoms with Gasteiger partial charge in [-0.15, -0.1) is 0 Å². The van der Waals surface area contributed by atoms with Gasteiger partial charge in [0.1, 0.15) is 5.54 Å². The van der Waals surface area contributed by atoms with Crippen LogP contribution < -0.4 is 0 Å². The average molecular weight is 283 g/mol. The average Bonchev–Trinajstić information content (AvgIpc) is 2.73. The van der Waals surface area contributed by atoms with E-state index in [0.717, 1.165) is 9.87 Å². The summed E-state index contributed by atoms with van der Waals surface area (Å²) in [7, 11) is -3.76. The molecule has 6 heteroatoms. The lowest BCUT2D eigenvalue weighted by molar-refractivity contribution is -0.146. The SMILES string of the molecule is Cc1cccc(S(=O)(=O)N2CCCC2(C)C(=O)O)c1. The quantitative estimate of drug-likeness (QED) is 0.914. The Hall–Kier alpha value is -1.40. The maximum absolute atomic E-state index is 12.6. The molecule has 0 aliphatic carbocycles. The summed E-state index contributed by atoms with van der Waals surface area (Å²) in [6.07, 6.45) is 0.904. The zero-order valence-corrected chi connectivity index (χ0v) is 11.8. The number of sulfonamides is 1. The molecule has 1 heterocycles. The van der Waals surface area contributed by atoms with E-state index in [0.29, 0.717) is 12.8 Å². The van der Waals surface area contributed by atoms with Gasteiger partial charge >= 0.3 is 5.97 Å². The molecule has 0 radical (unpaired) electrons. The van der Waals surface area contributed by atoms with E-state index in [9.17, 15) is 18.3 Å². The van der Waals surface area contributed by atoms with Crippen molar-refractivity contribution in [3.63, 3.8) is 0 Å². The molecule has 104 valence electrons. The first-order valence-electron chi connectivity index (χ1n) is 6.11. The van der Waals surface area contributed by atoms with Crippen LogP contribution in [0.15, 0.2) is 29.2 Å². The summed E-state index contributed by atoms with van der Waals surface area (Å²) in [6.45, 7) is 3.52. The molecular weight excluding hydrogens is 266 g/mol. The van der Waals surface area contributed by atoms with Crippen LogP contribution in [0.4, 0.5) is 0 Å². The van der Waals surface area contributed by atoms with E-state index in [1.165, 1.54) is 13.0 Å². The predicted octanol–water partition coefficient (Wildman–Crippen LogP) is 1.62. The minimum absolute atomic E-state index is 0.155. The highest BCUT2D eigenvalue weighted by atomic mass is 32.2. The minimum atomic E-state index is -3.76. The van der Waals surface area contributed by atoms with Crippen LogP contribution in [0.5, 0.6) is 0 Å². The van der Waals surface area contributed by atoms with Gasteiger partial charge in [0.05, 0.1) is 4.90 Å². The summed E-state index contributed by atoms with van der Waals surface area (Å²) in [5.41, 5.74) is -0.514. The number of benzene rings is 1. The highest BCUT2D eigenvalue weighted by Gasteiger charge is 2.49. The molecule has 1 atom stereocenters. The van der Waals surface area contributed by atoms with Crippen molar-refractivity contribution >= 4 is 16.0 Å². The van der Waals surface area contributed by atoms with E-state index >= 15 is 0 Å². The molecule has 1 aliphatic heterocycles. The van der Waals surface area contributed by atoms with Crippen molar-refractivity contribution in [2.75, 3.05) is 6.54 Å². The van der Waals surface area contributed by atoms with Crippen molar-refractivity contribution in [3.05, 3.63) is 29.8 Å². The molecule has 1 N–H and O–H groups in total. The van der Waals surface area contributed by atoms with Crippen LogP contribution in [0, 0.1) is 6.92 Å². The van der Waals surface area contributed by atoms with Gasteiger partial charge in [-0.1, -0.05) is 12.1 Å². The molecule has 0 aromatic heterocycles. The Bertz CT molecular complexity index is 611. The zero-order chi connectivity index (χ0) is 14.3. The van der Waals surface area contributed by atoms with Crippen molar-refractivity contribution in [2.24, 2.45) is 0 Å². The molecule has 0 spiro atoms. The van der Waals surface area contributed by atoms with E-state index in [2.05, 4.69) is 0 Å². The fourth-order valence-corrected chi connectivity index (χ4v) is 4.35. The zero-order valence-electron chi connectivity index (χ0n) is 11.0. The van der Waals surface area contributed by atoms with Gasteiger partial charge in [-0.25, -0.2) is 8.42 Å². The molecule has 1 aromatic rings. The first kappa shape index (κ1) is 14.0. The van der Waals surface area contributed by atoms with Gasteiger partial charge in [0.2, 0.25) is 10.0 Å². The lowest BCUT2D eigenvalue weighted by atomic mass is 10.0. The van der Waals surface area contributed by atoms with Crippen LogP contribution in [0.2, 0.25) is 0 Å². The number of carboxylic acids is 1. The third-order valence-corrected chi connectivity index (χ3v) is 5.63. The molecule has 1 saturated heterocycles. The van der Waals surface area contributed by atoms with E-state index < -0.39 is 21.5 Å². The van der Waals surface area contributed by atoms with Gasteiger partial charge in [-0.2, -0.15) is 4.31 Å². The summed E-state index contributed by atoms with van der Waals surface area (Å²) < 4.78 is 26.2. The van der Waals surface area contributed by atoms with E-state index in [1.807, 2.05) is 0 Å². The molecule has 1 unspecified atom stereocenters. The number of hydrogen-bond donors (Lipinski definition) is 1. The third kappa shape index (κ3) is 2.26. The first-order chi connectivity index (χ1) is 8.78. The molecule has 1 fully saturated rings. The Balaban J connectivity index is 2.48. The van der Waals surface area contributed by atoms with E-state index in [-0.39, 0.29) is 11.4 Å². The van der Waals surface area contributed by atoms with Gasteiger partial charge < -0.3 is 5.11 Å².